The van der Waals surface area contributed by atoms with Gasteiger partial charge in [0.25, 0.3) is 0 Å². The fraction of sp³-hybridized carbons (Fsp3) is 0.400. The summed E-state index contributed by atoms with van der Waals surface area (Å²) in [6, 6.07) is 9.93. The molecule has 4 heteroatoms. The first-order valence-corrected chi connectivity index (χ1v) is 6.70. The minimum absolute atomic E-state index is 0.280. The van der Waals surface area contributed by atoms with Crippen molar-refractivity contribution in [3.63, 3.8) is 0 Å². The molecule has 100 valence electrons. The zero-order valence-corrected chi connectivity index (χ0v) is 10.8. The summed E-state index contributed by atoms with van der Waals surface area (Å²) in [7, 11) is 0. The molecule has 1 aromatic carbocycles. The lowest BCUT2D eigenvalue weighted by Gasteiger charge is -2.25. The first-order valence-electron chi connectivity index (χ1n) is 6.70. The third-order valence-electron chi connectivity index (χ3n) is 3.68. The Morgan fingerprint density at radius 2 is 1.95 bits per heavy atom. The molecule has 1 atom stereocenters. The molecule has 1 saturated heterocycles. The monoisotopic (exact) mass is 258 g/mol. The molecule has 0 spiro atoms. The lowest BCUT2D eigenvalue weighted by Crippen LogP contribution is -2.21. The molecule has 1 N–H and O–H groups in total. The van der Waals surface area contributed by atoms with E-state index in [0.717, 1.165) is 37.3 Å². The van der Waals surface area contributed by atoms with Gasteiger partial charge in [0.05, 0.1) is 18.0 Å². The fourth-order valence-electron chi connectivity index (χ4n) is 2.52. The van der Waals surface area contributed by atoms with Gasteiger partial charge in [-0.05, 0) is 30.9 Å². The number of aliphatic hydroxyl groups excluding tert-OH is 1. The van der Waals surface area contributed by atoms with E-state index in [-0.39, 0.29) is 5.92 Å². The molecule has 0 bridgehead atoms. The van der Waals surface area contributed by atoms with Crippen molar-refractivity contribution in [2.45, 2.75) is 18.9 Å². The summed E-state index contributed by atoms with van der Waals surface area (Å²) in [4.78, 5) is 0. The Kier molecular flexibility index (Phi) is 3.62. The van der Waals surface area contributed by atoms with E-state index in [2.05, 4.69) is 5.10 Å². The smallest absolute Gasteiger partial charge is 0.0850 e. The first kappa shape index (κ1) is 12.4. The van der Waals surface area contributed by atoms with Crippen LogP contribution in [-0.2, 0) is 4.74 Å². The highest BCUT2D eigenvalue weighted by Gasteiger charge is 2.24. The predicted octanol–water partition coefficient (Wildman–Crippen LogP) is 2.33. The van der Waals surface area contributed by atoms with Gasteiger partial charge in [-0.3, -0.25) is 0 Å². The molecule has 0 radical (unpaired) electrons. The number of para-hydroxylation sites is 1. The van der Waals surface area contributed by atoms with Crippen molar-refractivity contribution >= 4 is 0 Å². The topological polar surface area (TPSA) is 47.3 Å². The molecule has 0 saturated carbocycles. The van der Waals surface area contributed by atoms with Gasteiger partial charge in [-0.1, -0.05) is 18.2 Å². The van der Waals surface area contributed by atoms with Gasteiger partial charge in [0.2, 0.25) is 0 Å². The summed E-state index contributed by atoms with van der Waals surface area (Å²) >= 11 is 0. The minimum Gasteiger partial charge on any atom is -0.388 e. The average Bonchev–Trinajstić information content (AvgIpc) is 2.98. The molecule has 3 rings (SSSR count). The molecule has 19 heavy (non-hydrogen) atoms. The predicted molar refractivity (Wildman–Crippen MR) is 72.1 cm³/mol. The Bertz CT molecular complexity index is 518. The second kappa shape index (κ2) is 5.55. The molecule has 4 nitrogen and oxygen atoms in total. The van der Waals surface area contributed by atoms with Crippen LogP contribution in [0.3, 0.4) is 0 Å². The Labute approximate surface area is 112 Å². The summed E-state index contributed by atoms with van der Waals surface area (Å²) in [6.45, 7) is 1.49. The molecule has 1 aromatic heterocycles. The summed E-state index contributed by atoms with van der Waals surface area (Å²) < 4.78 is 7.13. The SMILES string of the molecule is OC(c1cnn(-c2ccccc2)c1)C1CCOCC1. The maximum Gasteiger partial charge on any atom is 0.0850 e. The maximum absolute atomic E-state index is 10.4. The standard InChI is InChI=1S/C15H18N2O2/c18-15(12-6-8-19-9-7-12)13-10-16-17(11-13)14-4-2-1-3-5-14/h1-5,10-12,15,18H,6-9H2. The Hall–Kier alpha value is -1.65. The molecule has 2 aromatic rings. The first-order chi connectivity index (χ1) is 9.34. The summed E-state index contributed by atoms with van der Waals surface area (Å²) in [5.41, 5.74) is 1.89. The van der Waals surface area contributed by atoms with E-state index in [0.29, 0.717) is 0 Å². The van der Waals surface area contributed by atoms with Crippen LogP contribution in [0.2, 0.25) is 0 Å². The highest BCUT2D eigenvalue weighted by Crippen LogP contribution is 2.29. The Morgan fingerprint density at radius 1 is 1.21 bits per heavy atom. The molecular weight excluding hydrogens is 240 g/mol. The number of hydrogen-bond acceptors (Lipinski definition) is 3. The highest BCUT2D eigenvalue weighted by atomic mass is 16.5. The minimum atomic E-state index is -0.443. The van der Waals surface area contributed by atoms with Crippen LogP contribution < -0.4 is 0 Å². The van der Waals surface area contributed by atoms with Gasteiger partial charge in [-0.2, -0.15) is 5.10 Å². The van der Waals surface area contributed by atoms with E-state index in [1.165, 1.54) is 0 Å². The Morgan fingerprint density at radius 3 is 2.68 bits per heavy atom. The van der Waals surface area contributed by atoms with E-state index in [4.69, 9.17) is 4.74 Å². The van der Waals surface area contributed by atoms with Crippen LogP contribution >= 0.6 is 0 Å². The number of benzene rings is 1. The second-order valence-corrected chi connectivity index (χ2v) is 4.95. The van der Waals surface area contributed by atoms with Crippen LogP contribution in [0.1, 0.15) is 24.5 Å². The van der Waals surface area contributed by atoms with Crippen molar-refractivity contribution < 1.29 is 9.84 Å². The number of aliphatic hydroxyl groups is 1. The van der Waals surface area contributed by atoms with Gasteiger partial charge >= 0.3 is 0 Å². The number of rotatable bonds is 3. The zero-order chi connectivity index (χ0) is 13.1. The van der Waals surface area contributed by atoms with Gasteiger partial charge in [-0.25, -0.2) is 4.68 Å². The van der Waals surface area contributed by atoms with Crippen molar-refractivity contribution in [1.29, 1.82) is 0 Å². The highest BCUT2D eigenvalue weighted by molar-refractivity contribution is 5.31. The zero-order valence-electron chi connectivity index (χ0n) is 10.8. The van der Waals surface area contributed by atoms with Gasteiger partial charge in [0, 0.05) is 25.0 Å². The fourth-order valence-corrected chi connectivity index (χ4v) is 2.52. The van der Waals surface area contributed by atoms with Gasteiger partial charge in [0.1, 0.15) is 0 Å². The lowest BCUT2D eigenvalue weighted by atomic mass is 9.91. The van der Waals surface area contributed by atoms with Crippen LogP contribution in [0.5, 0.6) is 0 Å². The van der Waals surface area contributed by atoms with Crippen LogP contribution in [0, 0.1) is 5.92 Å². The number of ether oxygens (including phenoxy) is 1. The number of hydrogen-bond donors (Lipinski definition) is 1. The average molecular weight is 258 g/mol. The van der Waals surface area contributed by atoms with Crippen molar-refractivity contribution in [2.75, 3.05) is 13.2 Å². The lowest BCUT2D eigenvalue weighted by molar-refractivity contribution is 0.00717. The molecule has 1 aliphatic heterocycles. The molecular formula is C15H18N2O2. The van der Waals surface area contributed by atoms with Crippen LogP contribution in [0.15, 0.2) is 42.7 Å². The largest absolute Gasteiger partial charge is 0.388 e. The van der Waals surface area contributed by atoms with E-state index < -0.39 is 6.10 Å². The number of nitrogens with zero attached hydrogens (tertiary/aromatic N) is 2. The molecule has 0 aliphatic carbocycles. The molecule has 1 aliphatic rings. The molecule has 2 heterocycles. The normalized spacial score (nSPS) is 18.4. The quantitative estimate of drug-likeness (QED) is 0.919. The number of aromatic nitrogens is 2. The molecule has 0 amide bonds. The van der Waals surface area contributed by atoms with Crippen molar-refractivity contribution in [3.05, 3.63) is 48.3 Å². The van der Waals surface area contributed by atoms with Gasteiger partial charge < -0.3 is 9.84 Å². The third-order valence-corrected chi connectivity index (χ3v) is 3.68. The second-order valence-electron chi connectivity index (χ2n) is 4.95. The summed E-state index contributed by atoms with van der Waals surface area (Å²) in [5.74, 6) is 0.280. The summed E-state index contributed by atoms with van der Waals surface area (Å²) in [6.07, 6.45) is 5.05. The van der Waals surface area contributed by atoms with Crippen LogP contribution in [-0.4, -0.2) is 28.1 Å². The van der Waals surface area contributed by atoms with Gasteiger partial charge in [0.15, 0.2) is 0 Å². The van der Waals surface area contributed by atoms with Gasteiger partial charge in [-0.15, -0.1) is 0 Å². The van der Waals surface area contributed by atoms with E-state index >= 15 is 0 Å². The van der Waals surface area contributed by atoms with Crippen molar-refractivity contribution in [1.82, 2.24) is 9.78 Å². The molecule has 1 fully saturated rings. The Balaban J connectivity index is 1.77. The van der Waals surface area contributed by atoms with E-state index in [1.807, 2.05) is 36.5 Å². The van der Waals surface area contributed by atoms with Crippen LogP contribution in [0.25, 0.3) is 5.69 Å². The summed E-state index contributed by atoms with van der Waals surface area (Å²) in [5, 5.41) is 14.7. The third kappa shape index (κ3) is 2.69. The van der Waals surface area contributed by atoms with Crippen LogP contribution in [0.4, 0.5) is 0 Å². The van der Waals surface area contributed by atoms with Crippen molar-refractivity contribution in [3.8, 4) is 5.69 Å². The van der Waals surface area contributed by atoms with E-state index in [1.54, 1.807) is 10.9 Å². The van der Waals surface area contributed by atoms with Crippen molar-refractivity contribution in [2.24, 2.45) is 5.92 Å². The molecule has 1 unspecified atom stereocenters. The maximum atomic E-state index is 10.4. The van der Waals surface area contributed by atoms with E-state index in [9.17, 15) is 5.11 Å².